The van der Waals surface area contributed by atoms with Crippen molar-refractivity contribution in [3.8, 4) is 0 Å². The van der Waals surface area contributed by atoms with Crippen LogP contribution in [0.15, 0.2) is 48.8 Å². The summed E-state index contributed by atoms with van der Waals surface area (Å²) in [4.78, 5) is 23.4. The molecule has 0 unspecified atom stereocenters. The molecule has 0 bridgehead atoms. The summed E-state index contributed by atoms with van der Waals surface area (Å²) >= 11 is 1.68. The maximum absolute atomic E-state index is 12.5. The summed E-state index contributed by atoms with van der Waals surface area (Å²) in [5.74, 6) is 0.0163. The highest BCUT2D eigenvalue weighted by molar-refractivity contribution is 7.22. The van der Waals surface area contributed by atoms with Crippen LogP contribution in [0, 0.1) is 0 Å². The average molecular weight is 353 g/mol. The van der Waals surface area contributed by atoms with Crippen LogP contribution < -0.4 is 15.5 Å². The van der Waals surface area contributed by atoms with Gasteiger partial charge >= 0.3 is 0 Å². The summed E-state index contributed by atoms with van der Waals surface area (Å²) in [7, 11) is 0. The molecule has 128 valence electrons. The fourth-order valence-electron chi connectivity index (χ4n) is 2.91. The monoisotopic (exact) mass is 353 g/mol. The number of hydrogen-bond acceptors (Lipinski definition) is 6. The molecular weight excluding hydrogens is 334 g/mol. The van der Waals surface area contributed by atoms with E-state index in [9.17, 15) is 4.79 Å². The molecule has 0 spiro atoms. The number of pyridine rings is 1. The van der Waals surface area contributed by atoms with Gasteiger partial charge < -0.3 is 15.5 Å². The summed E-state index contributed by atoms with van der Waals surface area (Å²) < 4.78 is 1.18. The first-order chi connectivity index (χ1) is 12.3. The second kappa shape index (κ2) is 7.16. The minimum atomic E-state index is -0.234. The highest BCUT2D eigenvalue weighted by Crippen LogP contribution is 2.29. The number of piperazine rings is 1. The van der Waals surface area contributed by atoms with Crippen molar-refractivity contribution in [2.45, 2.75) is 12.6 Å². The van der Waals surface area contributed by atoms with Crippen LogP contribution in [0.2, 0.25) is 0 Å². The SMILES string of the molecule is O=C(NCc1ccncc1)[C@H]1CN(c2nc3ccccc3s2)CCN1. The number of nitrogens with one attached hydrogen (secondary N) is 2. The van der Waals surface area contributed by atoms with E-state index in [1.54, 1.807) is 23.7 Å². The Kier molecular flexibility index (Phi) is 4.58. The molecule has 1 amide bonds. The minimum Gasteiger partial charge on any atom is -0.351 e. The Bertz CT molecular complexity index is 833. The Morgan fingerprint density at radius 3 is 2.96 bits per heavy atom. The largest absolute Gasteiger partial charge is 0.351 e. The van der Waals surface area contributed by atoms with Gasteiger partial charge in [-0.05, 0) is 29.8 Å². The smallest absolute Gasteiger partial charge is 0.239 e. The Hall–Kier alpha value is -2.51. The summed E-state index contributed by atoms with van der Waals surface area (Å²) in [5.41, 5.74) is 2.06. The predicted octanol–water partition coefficient (Wildman–Crippen LogP) is 1.79. The molecule has 2 N–H and O–H groups in total. The zero-order chi connectivity index (χ0) is 17.1. The summed E-state index contributed by atoms with van der Waals surface area (Å²) in [6.07, 6.45) is 3.46. The predicted molar refractivity (Wildman–Crippen MR) is 99.7 cm³/mol. The number of aromatic nitrogens is 2. The standard InChI is InChI=1S/C18H19N5OS/c24-17(21-11-13-5-7-19-8-6-13)15-12-23(10-9-20-15)18-22-14-3-1-2-4-16(14)25-18/h1-8,15,20H,9-12H2,(H,21,24)/t15-/m1/s1. The van der Waals surface area contributed by atoms with Gasteiger partial charge in [-0.25, -0.2) is 4.98 Å². The first kappa shape index (κ1) is 16.0. The van der Waals surface area contributed by atoms with Gasteiger partial charge in [-0.15, -0.1) is 0 Å². The average Bonchev–Trinajstić information content (AvgIpc) is 3.11. The van der Waals surface area contributed by atoms with E-state index in [0.717, 1.165) is 29.3 Å². The van der Waals surface area contributed by atoms with Gasteiger partial charge in [-0.1, -0.05) is 23.5 Å². The van der Waals surface area contributed by atoms with Crippen molar-refractivity contribution in [1.29, 1.82) is 0 Å². The lowest BCUT2D eigenvalue weighted by molar-refractivity contribution is -0.123. The number of thiazole rings is 1. The van der Waals surface area contributed by atoms with Crippen LogP contribution in [0.4, 0.5) is 5.13 Å². The van der Waals surface area contributed by atoms with Gasteiger partial charge in [0.2, 0.25) is 5.91 Å². The number of rotatable bonds is 4. The van der Waals surface area contributed by atoms with Crippen LogP contribution in [0.1, 0.15) is 5.56 Å². The lowest BCUT2D eigenvalue weighted by atomic mass is 10.2. The topological polar surface area (TPSA) is 70.2 Å². The van der Waals surface area contributed by atoms with Gasteiger partial charge in [0.15, 0.2) is 5.13 Å². The van der Waals surface area contributed by atoms with E-state index in [1.807, 2.05) is 30.3 Å². The molecular formula is C18H19N5OS. The molecule has 6 nitrogen and oxygen atoms in total. The highest BCUT2D eigenvalue weighted by atomic mass is 32.1. The minimum absolute atomic E-state index is 0.0163. The van der Waals surface area contributed by atoms with Crippen molar-refractivity contribution in [3.05, 3.63) is 54.4 Å². The Morgan fingerprint density at radius 1 is 1.28 bits per heavy atom. The summed E-state index contributed by atoms with van der Waals surface area (Å²) in [5, 5.41) is 7.27. The van der Waals surface area contributed by atoms with Gasteiger partial charge in [0.05, 0.1) is 10.2 Å². The molecule has 0 saturated carbocycles. The van der Waals surface area contributed by atoms with Gasteiger partial charge in [-0.2, -0.15) is 0 Å². The second-order valence-corrected chi connectivity index (χ2v) is 7.00. The Morgan fingerprint density at radius 2 is 2.12 bits per heavy atom. The maximum atomic E-state index is 12.5. The lowest BCUT2D eigenvalue weighted by Crippen LogP contribution is -2.57. The second-order valence-electron chi connectivity index (χ2n) is 5.99. The van der Waals surface area contributed by atoms with Crippen LogP contribution in [0.5, 0.6) is 0 Å². The zero-order valence-electron chi connectivity index (χ0n) is 13.7. The van der Waals surface area contributed by atoms with Crippen molar-refractivity contribution >= 4 is 32.6 Å². The van der Waals surface area contributed by atoms with E-state index in [-0.39, 0.29) is 11.9 Å². The summed E-state index contributed by atoms with van der Waals surface area (Å²) in [6.45, 7) is 2.76. The molecule has 25 heavy (non-hydrogen) atoms. The van der Waals surface area contributed by atoms with Crippen molar-refractivity contribution in [2.75, 3.05) is 24.5 Å². The van der Waals surface area contributed by atoms with Gasteiger partial charge in [-0.3, -0.25) is 9.78 Å². The summed E-state index contributed by atoms with van der Waals surface area (Å²) in [6, 6.07) is 11.7. The fraction of sp³-hybridized carbons (Fsp3) is 0.278. The molecule has 1 saturated heterocycles. The number of fused-ring (bicyclic) bond motifs is 1. The molecule has 0 radical (unpaired) electrons. The maximum Gasteiger partial charge on any atom is 0.239 e. The Labute approximate surface area is 149 Å². The van der Waals surface area contributed by atoms with E-state index >= 15 is 0 Å². The third kappa shape index (κ3) is 3.62. The molecule has 7 heteroatoms. The number of hydrogen-bond donors (Lipinski definition) is 2. The molecule has 4 rings (SSSR count). The third-order valence-electron chi connectivity index (χ3n) is 4.26. The number of para-hydroxylation sites is 1. The zero-order valence-corrected chi connectivity index (χ0v) is 14.5. The van der Waals surface area contributed by atoms with E-state index < -0.39 is 0 Å². The molecule has 0 aliphatic carbocycles. The lowest BCUT2D eigenvalue weighted by Gasteiger charge is -2.32. The van der Waals surface area contributed by atoms with E-state index in [2.05, 4.69) is 26.6 Å². The third-order valence-corrected chi connectivity index (χ3v) is 5.36. The van der Waals surface area contributed by atoms with E-state index in [4.69, 9.17) is 4.98 Å². The number of nitrogens with zero attached hydrogens (tertiary/aromatic N) is 3. The van der Waals surface area contributed by atoms with Crippen molar-refractivity contribution in [2.24, 2.45) is 0 Å². The van der Waals surface area contributed by atoms with Crippen LogP contribution in [0.25, 0.3) is 10.2 Å². The van der Waals surface area contributed by atoms with Crippen LogP contribution in [0.3, 0.4) is 0 Å². The van der Waals surface area contributed by atoms with Crippen molar-refractivity contribution < 1.29 is 4.79 Å². The molecule has 3 aromatic rings. The molecule has 1 aliphatic heterocycles. The van der Waals surface area contributed by atoms with E-state index in [0.29, 0.717) is 13.1 Å². The molecule has 3 heterocycles. The Balaban J connectivity index is 1.41. The van der Waals surface area contributed by atoms with E-state index in [1.165, 1.54) is 4.70 Å². The van der Waals surface area contributed by atoms with Gasteiger partial charge in [0, 0.05) is 38.6 Å². The first-order valence-electron chi connectivity index (χ1n) is 8.30. The first-order valence-corrected chi connectivity index (χ1v) is 9.12. The number of carbonyl (C=O) groups excluding carboxylic acids is 1. The normalized spacial score (nSPS) is 17.6. The molecule has 1 atom stereocenters. The van der Waals surface area contributed by atoms with Crippen LogP contribution in [-0.2, 0) is 11.3 Å². The fourth-order valence-corrected chi connectivity index (χ4v) is 3.91. The van der Waals surface area contributed by atoms with Crippen LogP contribution in [-0.4, -0.2) is 41.6 Å². The van der Waals surface area contributed by atoms with Crippen molar-refractivity contribution in [3.63, 3.8) is 0 Å². The molecule has 1 fully saturated rings. The molecule has 2 aromatic heterocycles. The quantitative estimate of drug-likeness (QED) is 0.748. The highest BCUT2D eigenvalue weighted by Gasteiger charge is 2.26. The van der Waals surface area contributed by atoms with Gasteiger partial charge in [0.1, 0.15) is 6.04 Å². The number of benzene rings is 1. The molecule has 1 aromatic carbocycles. The number of amides is 1. The molecule has 1 aliphatic rings. The van der Waals surface area contributed by atoms with Crippen LogP contribution >= 0.6 is 11.3 Å². The van der Waals surface area contributed by atoms with Crippen molar-refractivity contribution in [1.82, 2.24) is 20.6 Å². The number of anilines is 1. The van der Waals surface area contributed by atoms with Gasteiger partial charge in [0.25, 0.3) is 0 Å². The number of carbonyl (C=O) groups is 1.